The van der Waals surface area contributed by atoms with Gasteiger partial charge in [0, 0.05) is 6.54 Å². The molecule has 33 heavy (non-hydrogen) atoms. The van der Waals surface area contributed by atoms with Crippen molar-refractivity contribution in [3.8, 4) is 0 Å². The summed E-state index contributed by atoms with van der Waals surface area (Å²) in [6, 6.07) is 14.7. The Bertz CT molecular complexity index is 1230. The summed E-state index contributed by atoms with van der Waals surface area (Å²) in [6.07, 6.45) is 0. The van der Waals surface area contributed by atoms with Crippen LogP contribution in [-0.2, 0) is 14.8 Å². The maximum atomic E-state index is 14.5. The standard InChI is InChI=1S/C23H24FN3O4S2/c1-16(2)14-25-23(29)17-8-3-5-10-19(17)26-21(28)15-27(20-11-6-4-9-18(20)24)33(30,31)22-12-7-13-32-22/h3-13,16H,14-15H2,1-2H3,(H,25,29)(H,26,28). The lowest BCUT2D eigenvalue weighted by Crippen LogP contribution is -2.38. The van der Waals surface area contributed by atoms with E-state index < -0.39 is 28.3 Å². The molecule has 0 atom stereocenters. The topological polar surface area (TPSA) is 95.6 Å². The first kappa shape index (κ1) is 24.4. The second-order valence-electron chi connectivity index (χ2n) is 7.59. The highest BCUT2D eigenvalue weighted by atomic mass is 32.2. The maximum absolute atomic E-state index is 14.5. The van der Waals surface area contributed by atoms with Gasteiger partial charge in [-0.15, -0.1) is 11.3 Å². The Labute approximate surface area is 196 Å². The van der Waals surface area contributed by atoms with Crippen molar-refractivity contribution < 1.29 is 22.4 Å². The van der Waals surface area contributed by atoms with E-state index in [1.807, 2.05) is 13.8 Å². The number of benzene rings is 2. The Hall–Kier alpha value is -3.24. The number of anilines is 2. The third-order valence-electron chi connectivity index (χ3n) is 4.56. The normalized spacial score (nSPS) is 11.3. The molecular weight excluding hydrogens is 465 g/mol. The molecule has 2 amide bonds. The minimum atomic E-state index is -4.19. The van der Waals surface area contributed by atoms with Crippen molar-refractivity contribution in [2.75, 3.05) is 22.7 Å². The molecule has 0 radical (unpaired) electrons. The van der Waals surface area contributed by atoms with Gasteiger partial charge in [0.15, 0.2) is 0 Å². The van der Waals surface area contributed by atoms with Gasteiger partial charge in [-0.2, -0.15) is 0 Å². The van der Waals surface area contributed by atoms with Gasteiger partial charge in [0.2, 0.25) is 5.91 Å². The number of nitrogens with one attached hydrogen (secondary N) is 2. The van der Waals surface area contributed by atoms with Crippen molar-refractivity contribution in [2.24, 2.45) is 5.92 Å². The predicted octanol–water partition coefficient (Wildman–Crippen LogP) is 4.11. The number of rotatable bonds is 9. The molecule has 3 aromatic rings. The molecule has 0 aliphatic heterocycles. The van der Waals surface area contributed by atoms with Crippen LogP contribution in [0.2, 0.25) is 0 Å². The third-order valence-corrected chi connectivity index (χ3v) is 7.70. The van der Waals surface area contributed by atoms with E-state index in [2.05, 4.69) is 10.6 Å². The number of para-hydroxylation sites is 2. The summed E-state index contributed by atoms with van der Waals surface area (Å²) >= 11 is 0.967. The van der Waals surface area contributed by atoms with Crippen molar-refractivity contribution in [1.82, 2.24) is 5.32 Å². The fourth-order valence-corrected chi connectivity index (χ4v) is 5.51. The van der Waals surface area contributed by atoms with E-state index in [9.17, 15) is 22.4 Å². The number of carbonyl (C=O) groups excluding carboxylic acids is 2. The quantitative estimate of drug-likeness (QED) is 0.473. The Morgan fingerprint density at radius 1 is 1.03 bits per heavy atom. The number of nitrogens with zero attached hydrogens (tertiary/aromatic N) is 1. The summed E-state index contributed by atoms with van der Waals surface area (Å²) < 4.78 is 41.6. The van der Waals surface area contributed by atoms with Crippen LogP contribution in [-0.4, -0.2) is 33.3 Å². The van der Waals surface area contributed by atoms with E-state index in [4.69, 9.17) is 0 Å². The lowest BCUT2D eigenvalue weighted by molar-refractivity contribution is -0.114. The molecule has 2 N–H and O–H groups in total. The largest absolute Gasteiger partial charge is 0.352 e. The second-order valence-corrected chi connectivity index (χ2v) is 10.6. The van der Waals surface area contributed by atoms with Crippen LogP contribution in [0.25, 0.3) is 0 Å². The summed E-state index contributed by atoms with van der Waals surface area (Å²) in [5.74, 6) is -1.62. The van der Waals surface area contributed by atoms with Crippen LogP contribution in [0.3, 0.4) is 0 Å². The first-order valence-corrected chi connectivity index (χ1v) is 12.5. The monoisotopic (exact) mass is 489 g/mol. The number of halogens is 1. The molecule has 2 aromatic carbocycles. The second kappa shape index (κ2) is 10.6. The van der Waals surface area contributed by atoms with Crippen LogP contribution >= 0.6 is 11.3 Å². The minimum absolute atomic E-state index is 0.0213. The zero-order chi connectivity index (χ0) is 24.0. The molecule has 1 heterocycles. The highest BCUT2D eigenvalue weighted by Gasteiger charge is 2.30. The molecule has 0 unspecified atom stereocenters. The maximum Gasteiger partial charge on any atom is 0.274 e. The van der Waals surface area contributed by atoms with Crippen LogP contribution < -0.4 is 14.9 Å². The molecule has 10 heteroatoms. The summed E-state index contributed by atoms with van der Waals surface area (Å²) in [6.45, 7) is 3.70. The van der Waals surface area contributed by atoms with Crippen molar-refractivity contribution in [3.63, 3.8) is 0 Å². The molecule has 0 aliphatic rings. The average Bonchev–Trinajstić information content (AvgIpc) is 3.33. The van der Waals surface area contributed by atoms with Gasteiger partial charge in [-0.05, 0) is 41.6 Å². The van der Waals surface area contributed by atoms with E-state index >= 15 is 0 Å². The average molecular weight is 490 g/mol. The van der Waals surface area contributed by atoms with E-state index in [1.165, 1.54) is 24.3 Å². The number of sulfonamides is 1. The molecule has 0 aliphatic carbocycles. The van der Waals surface area contributed by atoms with Gasteiger partial charge >= 0.3 is 0 Å². The first-order valence-electron chi connectivity index (χ1n) is 10.2. The zero-order valence-corrected chi connectivity index (χ0v) is 19.8. The Balaban J connectivity index is 1.88. The van der Waals surface area contributed by atoms with E-state index in [1.54, 1.807) is 35.7 Å². The van der Waals surface area contributed by atoms with Crippen molar-refractivity contribution in [3.05, 3.63) is 77.4 Å². The molecule has 0 saturated carbocycles. The smallest absolute Gasteiger partial charge is 0.274 e. The number of hydrogen-bond acceptors (Lipinski definition) is 5. The highest BCUT2D eigenvalue weighted by molar-refractivity contribution is 7.94. The van der Waals surface area contributed by atoms with Gasteiger partial charge in [0.05, 0.1) is 16.9 Å². The van der Waals surface area contributed by atoms with E-state index in [0.717, 1.165) is 21.7 Å². The van der Waals surface area contributed by atoms with Crippen LogP contribution in [0.5, 0.6) is 0 Å². The first-order chi connectivity index (χ1) is 15.7. The summed E-state index contributed by atoms with van der Waals surface area (Å²) in [5.41, 5.74) is 0.222. The Morgan fingerprint density at radius 2 is 1.73 bits per heavy atom. The Kier molecular flexibility index (Phi) is 7.83. The van der Waals surface area contributed by atoms with Crippen molar-refractivity contribution in [1.29, 1.82) is 0 Å². The van der Waals surface area contributed by atoms with Crippen LogP contribution in [0.15, 0.2) is 70.3 Å². The lowest BCUT2D eigenvalue weighted by atomic mass is 10.1. The lowest BCUT2D eigenvalue weighted by Gasteiger charge is -2.24. The Morgan fingerprint density at radius 3 is 2.39 bits per heavy atom. The fourth-order valence-electron chi connectivity index (χ4n) is 2.97. The van der Waals surface area contributed by atoms with Gasteiger partial charge in [-0.1, -0.05) is 44.2 Å². The van der Waals surface area contributed by atoms with E-state index in [-0.39, 0.29) is 33.0 Å². The van der Waals surface area contributed by atoms with Gasteiger partial charge in [0.1, 0.15) is 16.6 Å². The zero-order valence-electron chi connectivity index (χ0n) is 18.1. The van der Waals surface area contributed by atoms with Crippen LogP contribution in [0, 0.1) is 11.7 Å². The van der Waals surface area contributed by atoms with Gasteiger partial charge in [0.25, 0.3) is 15.9 Å². The number of amides is 2. The van der Waals surface area contributed by atoms with Gasteiger partial charge in [-0.25, -0.2) is 12.8 Å². The summed E-state index contributed by atoms with van der Waals surface area (Å²) in [5, 5.41) is 6.96. The number of hydrogen-bond donors (Lipinski definition) is 2. The SMILES string of the molecule is CC(C)CNC(=O)c1ccccc1NC(=O)CN(c1ccccc1F)S(=O)(=O)c1cccs1. The fraction of sp³-hybridized carbons (Fsp3) is 0.217. The molecule has 0 fully saturated rings. The molecule has 0 saturated heterocycles. The van der Waals surface area contributed by atoms with Crippen molar-refractivity contribution in [2.45, 2.75) is 18.1 Å². The van der Waals surface area contributed by atoms with Crippen molar-refractivity contribution >= 4 is 44.5 Å². The molecule has 0 spiro atoms. The minimum Gasteiger partial charge on any atom is -0.352 e. The van der Waals surface area contributed by atoms with Crippen LogP contribution in [0.1, 0.15) is 24.2 Å². The third kappa shape index (κ3) is 5.96. The number of thiophene rings is 1. The molecule has 1 aromatic heterocycles. The molecule has 3 rings (SSSR count). The van der Waals surface area contributed by atoms with E-state index in [0.29, 0.717) is 6.54 Å². The molecule has 0 bridgehead atoms. The highest BCUT2D eigenvalue weighted by Crippen LogP contribution is 2.28. The van der Waals surface area contributed by atoms with Crippen LogP contribution in [0.4, 0.5) is 15.8 Å². The predicted molar refractivity (Wildman–Crippen MR) is 127 cm³/mol. The number of carbonyl (C=O) groups is 2. The molecular formula is C23H24FN3O4S2. The molecule has 174 valence electrons. The van der Waals surface area contributed by atoms with Gasteiger partial charge < -0.3 is 10.6 Å². The molecule has 7 nitrogen and oxygen atoms in total. The summed E-state index contributed by atoms with van der Waals surface area (Å²) in [7, 11) is -4.19. The summed E-state index contributed by atoms with van der Waals surface area (Å²) in [4.78, 5) is 25.4. The van der Waals surface area contributed by atoms with Gasteiger partial charge in [-0.3, -0.25) is 13.9 Å².